The molecule has 1 saturated heterocycles. The van der Waals surface area contributed by atoms with Crippen molar-refractivity contribution in [1.29, 1.82) is 0 Å². The molecular weight excluding hydrogens is 222 g/mol. The summed E-state index contributed by atoms with van der Waals surface area (Å²) in [4.78, 5) is 7.04. The van der Waals surface area contributed by atoms with Gasteiger partial charge in [-0.05, 0) is 43.9 Å². The molecule has 18 heavy (non-hydrogen) atoms. The van der Waals surface area contributed by atoms with Crippen molar-refractivity contribution in [2.45, 2.75) is 39.7 Å². The van der Waals surface area contributed by atoms with Crippen molar-refractivity contribution in [2.75, 3.05) is 24.5 Å². The second kappa shape index (κ2) is 6.19. The summed E-state index contributed by atoms with van der Waals surface area (Å²) in [5.74, 6) is 1.93. The molecule has 0 bridgehead atoms. The highest BCUT2D eigenvalue weighted by molar-refractivity contribution is 5.40. The van der Waals surface area contributed by atoms with Crippen LogP contribution in [0, 0.1) is 5.92 Å². The third kappa shape index (κ3) is 3.22. The van der Waals surface area contributed by atoms with Gasteiger partial charge in [-0.25, -0.2) is 4.98 Å². The Morgan fingerprint density at radius 2 is 2.33 bits per heavy atom. The van der Waals surface area contributed by atoms with Gasteiger partial charge in [-0.2, -0.15) is 0 Å². The van der Waals surface area contributed by atoms with Gasteiger partial charge in [0, 0.05) is 25.3 Å². The van der Waals surface area contributed by atoms with E-state index in [0.29, 0.717) is 6.04 Å². The second-order valence-electron chi connectivity index (χ2n) is 5.42. The van der Waals surface area contributed by atoms with Crippen molar-refractivity contribution < 1.29 is 0 Å². The lowest BCUT2D eigenvalue weighted by Crippen LogP contribution is -2.34. The van der Waals surface area contributed by atoms with Gasteiger partial charge in [-0.1, -0.05) is 19.9 Å². The first-order chi connectivity index (χ1) is 8.70. The highest BCUT2D eigenvalue weighted by atomic mass is 15.2. The van der Waals surface area contributed by atoms with Gasteiger partial charge in [0.25, 0.3) is 0 Å². The largest absolute Gasteiger partial charge is 0.356 e. The topological polar surface area (TPSA) is 28.2 Å². The molecule has 3 nitrogen and oxygen atoms in total. The summed E-state index contributed by atoms with van der Waals surface area (Å²) in [5.41, 5.74) is 1.27. The standard InChI is InChI=1S/C15H25N3/c1-4-16-13(3)14-7-8-15(17-10-14)18-9-5-6-12(2)11-18/h7-8,10,12-13,16H,4-6,9,11H2,1-3H3. The van der Waals surface area contributed by atoms with E-state index in [-0.39, 0.29) is 0 Å². The van der Waals surface area contributed by atoms with Crippen LogP contribution in [0.3, 0.4) is 0 Å². The molecule has 0 amide bonds. The molecule has 1 aromatic heterocycles. The van der Waals surface area contributed by atoms with E-state index in [1.165, 1.54) is 18.4 Å². The summed E-state index contributed by atoms with van der Waals surface area (Å²) in [6.07, 6.45) is 4.66. The van der Waals surface area contributed by atoms with Crippen molar-refractivity contribution in [3.63, 3.8) is 0 Å². The molecule has 2 unspecified atom stereocenters. The Hall–Kier alpha value is -1.09. The summed E-state index contributed by atoms with van der Waals surface area (Å²) in [7, 11) is 0. The van der Waals surface area contributed by atoms with Crippen LogP contribution in [0.5, 0.6) is 0 Å². The SMILES string of the molecule is CCNC(C)c1ccc(N2CCCC(C)C2)nc1. The van der Waals surface area contributed by atoms with E-state index in [1.807, 2.05) is 6.20 Å². The Kier molecular flexibility index (Phi) is 4.59. The van der Waals surface area contributed by atoms with Gasteiger partial charge in [-0.3, -0.25) is 0 Å². The Labute approximate surface area is 111 Å². The molecule has 1 aromatic rings. The molecule has 0 radical (unpaired) electrons. The van der Waals surface area contributed by atoms with Crippen LogP contribution in [-0.4, -0.2) is 24.6 Å². The first-order valence-electron chi connectivity index (χ1n) is 7.15. The number of anilines is 1. The van der Waals surface area contributed by atoms with Crippen molar-refractivity contribution in [3.05, 3.63) is 23.9 Å². The Morgan fingerprint density at radius 3 is 2.94 bits per heavy atom. The van der Waals surface area contributed by atoms with Crippen LogP contribution in [0.15, 0.2) is 18.3 Å². The van der Waals surface area contributed by atoms with Crippen LogP contribution in [-0.2, 0) is 0 Å². The summed E-state index contributed by atoms with van der Waals surface area (Å²) in [6.45, 7) is 9.94. The lowest BCUT2D eigenvalue weighted by molar-refractivity contribution is 0.444. The number of hydrogen-bond acceptors (Lipinski definition) is 3. The Bertz CT molecular complexity index is 361. The summed E-state index contributed by atoms with van der Waals surface area (Å²) < 4.78 is 0. The molecule has 0 saturated carbocycles. The number of aromatic nitrogens is 1. The van der Waals surface area contributed by atoms with Gasteiger partial charge < -0.3 is 10.2 Å². The third-order valence-corrected chi connectivity index (χ3v) is 3.76. The molecule has 0 spiro atoms. The maximum atomic E-state index is 4.63. The number of pyridine rings is 1. The van der Waals surface area contributed by atoms with Gasteiger partial charge in [0.1, 0.15) is 5.82 Å². The average molecular weight is 247 g/mol. The van der Waals surface area contributed by atoms with Crippen molar-refractivity contribution in [1.82, 2.24) is 10.3 Å². The first kappa shape index (κ1) is 13.3. The van der Waals surface area contributed by atoms with E-state index in [9.17, 15) is 0 Å². The smallest absolute Gasteiger partial charge is 0.128 e. The van der Waals surface area contributed by atoms with Crippen LogP contribution in [0.1, 0.15) is 45.2 Å². The third-order valence-electron chi connectivity index (χ3n) is 3.76. The average Bonchev–Trinajstić information content (AvgIpc) is 2.39. The minimum Gasteiger partial charge on any atom is -0.356 e. The van der Waals surface area contributed by atoms with Crippen LogP contribution in [0.25, 0.3) is 0 Å². The number of hydrogen-bond donors (Lipinski definition) is 1. The van der Waals surface area contributed by atoms with Crippen molar-refractivity contribution in [3.8, 4) is 0 Å². The van der Waals surface area contributed by atoms with Crippen LogP contribution in [0.4, 0.5) is 5.82 Å². The molecule has 3 heteroatoms. The molecule has 2 rings (SSSR count). The van der Waals surface area contributed by atoms with Crippen LogP contribution < -0.4 is 10.2 Å². The molecule has 1 aliphatic heterocycles. The van der Waals surface area contributed by atoms with E-state index < -0.39 is 0 Å². The number of nitrogens with one attached hydrogen (secondary N) is 1. The summed E-state index contributed by atoms with van der Waals surface area (Å²) in [5, 5.41) is 3.41. The van der Waals surface area contributed by atoms with Crippen molar-refractivity contribution in [2.24, 2.45) is 5.92 Å². The van der Waals surface area contributed by atoms with Gasteiger partial charge in [0.15, 0.2) is 0 Å². The second-order valence-corrected chi connectivity index (χ2v) is 5.42. The maximum Gasteiger partial charge on any atom is 0.128 e. The molecule has 100 valence electrons. The zero-order valence-corrected chi connectivity index (χ0v) is 11.8. The molecule has 1 aliphatic rings. The molecular formula is C15H25N3. The van der Waals surface area contributed by atoms with Gasteiger partial charge in [0.2, 0.25) is 0 Å². The molecule has 0 aromatic carbocycles. The molecule has 0 aliphatic carbocycles. The number of nitrogens with zero attached hydrogens (tertiary/aromatic N) is 2. The maximum absolute atomic E-state index is 4.63. The van der Waals surface area contributed by atoms with E-state index in [2.05, 4.69) is 48.1 Å². The van der Waals surface area contributed by atoms with E-state index >= 15 is 0 Å². The fraction of sp³-hybridized carbons (Fsp3) is 0.667. The number of piperidine rings is 1. The van der Waals surface area contributed by atoms with Crippen LogP contribution in [0.2, 0.25) is 0 Å². The first-order valence-corrected chi connectivity index (χ1v) is 7.15. The minimum atomic E-state index is 0.386. The van der Waals surface area contributed by atoms with E-state index in [1.54, 1.807) is 0 Å². The predicted octanol–water partition coefficient (Wildman–Crippen LogP) is 2.99. The highest BCUT2D eigenvalue weighted by Crippen LogP contribution is 2.22. The molecule has 2 atom stereocenters. The minimum absolute atomic E-state index is 0.386. The van der Waals surface area contributed by atoms with E-state index in [4.69, 9.17) is 0 Å². The number of rotatable bonds is 4. The Balaban J connectivity index is 2.02. The monoisotopic (exact) mass is 247 g/mol. The Morgan fingerprint density at radius 1 is 1.50 bits per heavy atom. The summed E-state index contributed by atoms with van der Waals surface area (Å²) in [6, 6.07) is 4.76. The highest BCUT2D eigenvalue weighted by Gasteiger charge is 2.17. The van der Waals surface area contributed by atoms with Gasteiger partial charge in [-0.15, -0.1) is 0 Å². The molecule has 1 fully saturated rings. The zero-order chi connectivity index (χ0) is 13.0. The fourth-order valence-electron chi connectivity index (χ4n) is 2.66. The van der Waals surface area contributed by atoms with Gasteiger partial charge in [0.05, 0.1) is 0 Å². The lowest BCUT2D eigenvalue weighted by Gasteiger charge is -2.32. The lowest BCUT2D eigenvalue weighted by atomic mass is 10.0. The molecule has 1 N–H and O–H groups in total. The zero-order valence-electron chi connectivity index (χ0n) is 11.8. The normalized spacial score (nSPS) is 21.9. The quantitative estimate of drug-likeness (QED) is 0.886. The van der Waals surface area contributed by atoms with Crippen LogP contribution >= 0.6 is 0 Å². The van der Waals surface area contributed by atoms with E-state index in [0.717, 1.165) is 31.4 Å². The van der Waals surface area contributed by atoms with Crippen molar-refractivity contribution >= 4 is 5.82 Å². The fourth-order valence-corrected chi connectivity index (χ4v) is 2.66. The summed E-state index contributed by atoms with van der Waals surface area (Å²) >= 11 is 0. The molecule has 2 heterocycles. The van der Waals surface area contributed by atoms with Gasteiger partial charge >= 0.3 is 0 Å². The predicted molar refractivity (Wildman–Crippen MR) is 76.9 cm³/mol.